The minimum atomic E-state index is -0.230. The lowest BCUT2D eigenvalue weighted by Gasteiger charge is -2.14. The monoisotopic (exact) mass is 276 g/mol. The smallest absolute Gasteiger partial charge is 0.319 e. The second-order valence-electron chi connectivity index (χ2n) is 5.04. The van der Waals surface area contributed by atoms with Crippen molar-refractivity contribution in [3.05, 3.63) is 29.8 Å². The minimum Gasteiger partial charge on any atom is -0.338 e. The van der Waals surface area contributed by atoms with E-state index in [1.54, 1.807) is 12.4 Å². The van der Waals surface area contributed by atoms with Crippen LogP contribution in [0, 0.1) is 19.8 Å². The molecule has 2 rings (SSSR count). The van der Waals surface area contributed by atoms with Gasteiger partial charge in [0.05, 0.1) is 17.6 Å². The maximum absolute atomic E-state index is 11.7. The van der Waals surface area contributed by atoms with E-state index in [9.17, 15) is 4.79 Å². The summed E-state index contributed by atoms with van der Waals surface area (Å²) in [5.41, 5.74) is 2.80. The van der Waals surface area contributed by atoms with E-state index in [0.29, 0.717) is 18.2 Å². The summed E-state index contributed by atoms with van der Waals surface area (Å²) < 4.78 is 1.97. The summed E-state index contributed by atoms with van der Waals surface area (Å²) in [6.07, 6.45) is 3.18. The van der Waals surface area contributed by atoms with E-state index < -0.39 is 0 Å². The predicted molar refractivity (Wildman–Crippen MR) is 76.5 cm³/mol. The number of hydrogen-bond donors (Lipinski definition) is 3. The van der Waals surface area contributed by atoms with Gasteiger partial charge in [0.1, 0.15) is 0 Å². The van der Waals surface area contributed by atoms with E-state index in [4.69, 9.17) is 0 Å². The Hall–Kier alpha value is -2.31. The third-order valence-corrected chi connectivity index (χ3v) is 2.96. The maximum atomic E-state index is 11.7. The van der Waals surface area contributed by atoms with Crippen LogP contribution in [0.2, 0.25) is 0 Å². The molecule has 2 heterocycles. The molecule has 0 bridgehead atoms. The fraction of sp³-hybridized carbons (Fsp3) is 0.462. The molecule has 1 atom stereocenters. The highest BCUT2D eigenvalue weighted by atomic mass is 16.2. The van der Waals surface area contributed by atoms with Crippen LogP contribution in [0.3, 0.4) is 0 Å². The second-order valence-corrected chi connectivity index (χ2v) is 5.04. The lowest BCUT2D eigenvalue weighted by atomic mass is 10.2. The van der Waals surface area contributed by atoms with Gasteiger partial charge in [-0.15, -0.1) is 0 Å². The number of nitrogens with one attached hydrogen (secondary N) is 3. The molecule has 108 valence electrons. The van der Waals surface area contributed by atoms with E-state index >= 15 is 0 Å². The molecule has 0 aliphatic carbocycles. The summed E-state index contributed by atoms with van der Waals surface area (Å²) in [5, 5.41) is 16.3. The number of carbonyl (C=O) groups is 1. The molecule has 0 aliphatic heterocycles. The summed E-state index contributed by atoms with van der Waals surface area (Å²) in [7, 11) is 0. The summed E-state index contributed by atoms with van der Waals surface area (Å²) in [6.45, 7) is 7.46. The molecule has 0 unspecified atom stereocenters. The zero-order valence-corrected chi connectivity index (χ0v) is 12.0. The standard InChI is InChI=1S/C13H20N6O/c1-9(8-19-11(3)4-10(2)18-19)5-14-13(20)17-12-6-15-16-7-12/h4,6-7,9H,5,8H2,1-3H3,(H,15,16)(H2,14,17,20)/t9-/m1/s1. The van der Waals surface area contributed by atoms with Gasteiger partial charge in [0.15, 0.2) is 0 Å². The van der Waals surface area contributed by atoms with Gasteiger partial charge >= 0.3 is 6.03 Å². The van der Waals surface area contributed by atoms with Crippen molar-refractivity contribution >= 4 is 11.7 Å². The van der Waals surface area contributed by atoms with Gasteiger partial charge in [-0.1, -0.05) is 6.92 Å². The maximum Gasteiger partial charge on any atom is 0.319 e. The van der Waals surface area contributed by atoms with Gasteiger partial charge in [0.25, 0.3) is 0 Å². The highest BCUT2D eigenvalue weighted by Crippen LogP contribution is 2.06. The first-order valence-corrected chi connectivity index (χ1v) is 6.59. The number of urea groups is 1. The first-order chi connectivity index (χ1) is 9.54. The average Bonchev–Trinajstić information content (AvgIpc) is 2.98. The molecular formula is C13H20N6O. The number of aryl methyl sites for hydroxylation is 2. The first kappa shape index (κ1) is 14.1. The Morgan fingerprint density at radius 1 is 1.50 bits per heavy atom. The van der Waals surface area contributed by atoms with E-state index in [2.05, 4.69) is 32.9 Å². The van der Waals surface area contributed by atoms with Gasteiger partial charge in [-0.3, -0.25) is 9.78 Å². The summed E-state index contributed by atoms with van der Waals surface area (Å²) >= 11 is 0. The lowest BCUT2D eigenvalue weighted by Crippen LogP contribution is -2.33. The van der Waals surface area contributed by atoms with Crippen molar-refractivity contribution in [1.29, 1.82) is 0 Å². The van der Waals surface area contributed by atoms with Crippen molar-refractivity contribution in [2.45, 2.75) is 27.3 Å². The average molecular weight is 276 g/mol. The topological polar surface area (TPSA) is 87.6 Å². The van der Waals surface area contributed by atoms with Crippen LogP contribution in [0.15, 0.2) is 18.5 Å². The number of carbonyl (C=O) groups excluding carboxylic acids is 1. The van der Waals surface area contributed by atoms with Crippen molar-refractivity contribution < 1.29 is 4.79 Å². The van der Waals surface area contributed by atoms with Crippen LogP contribution in [0.25, 0.3) is 0 Å². The zero-order chi connectivity index (χ0) is 14.5. The fourth-order valence-electron chi connectivity index (χ4n) is 1.98. The van der Waals surface area contributed by atoms with Gasteiger partial charge in [-0.2, -0.15) is 10.2 Å². The Balaban J connectivity index is 1.76. The number of H-pyrrole nitrogens is 1. The molecule has 0 spiro atoms. The second kappa shape index (κ2) is 6.23. The number of aromatic nitrogens is 4. The van der Waals surface area contributed by atoms with Gasteiger partial charge in [0.2, 0.25) is 0 Å². The molecular weight excluding hydrogens is 256 g/mol. The quantitative estimate of drug-likeness (QED) is 0.776. The number of aromatic amines is 1. The van der Waals surface area contributed by atoms with Crippen LogP contribution in [0.5, 0.6) is 0 Å². The van der Waals surface area contributed by atoms with Crippen LogP contribution in [0.1, 0.15) is 18.3 Å². The molecule has 0 fully saturated rings. The number of nitrogens with zero attached hydrogens (tertiary/aromatic N) is 3. The first-order valence-electron chi connectivity index (χ1n) is 6.59. The SMILES string of the molecule is Cc1cc(C)n(C[C@H](C)CNC(=O)Nc2cn[nH]c2)n1. The third-order valence-electron chi connectivity index (χ3n) is 2.96. The molecule has 2 amide bonds. The summed E-state index contributed by atoms with van der Waals surface area (Å²) in [4.78, 5) is 11.7. The van der Waals surface area contributed by atoms with Gasteiger partial charge in [-0.05, 0) is 25.8 Å². The normalized spacial score (nSPS) is 12.2. The highest BCUT2D eigenvalue weighted by molar-refractivity contribution is 5.88. The van der Waals surface area contributed by atoms with E-state index in [-0.39, 0.29) is 6.03 Å². The Morgan fingerprint density at radius 3 is 2.90 bits per heavy atom. The van der Waals surface area contributed by atoms with Crippen LogP contribution in [-0.4, -0.2) is 32.6 Å². The van der Waals surface area contributed by atoms with Gasteiger partial charge < -0.3 is 10.6 Å². The number of amides is 2. The molecule has 2 aromatic heterocycles. The molecule has 20 heavy (non-hydrogen) atoms. The molecule has 3 N–H and O–H groups in total. The summed E-state index contributed by atoms with van der Waals surface area (Å²) in [6, 6.07) is 1.82. The molecule has 0 aromatic carbocycles. The Kier molecular flexibility index (Phi) is 4.39. The van der Waals surface area contributed by atoms with Crippen LogP contribution < -0.4 is 10.6 Å². The van der Waals surface area contributed by atoms with Gasteiger partial charge in [0, 0.05) is 25.0 Å². The van der Waals surface area contributed by atoms with E-state index in [1.807, 2.05) is 24.6 Å². The zero-order valence-electron chi connectivity index (χ0n) is 12.0. The van der Waals surface area contributed by atoms with Crippen LogP contribution in [-0.2, 0) is 6.54 Å². The highest BCUT2D eigenvalue weighted by Gasteiger charge is 2.09. The Labute approximate surface area is 117 Å². The summed E-state index contributed by atoms with van der Waals surface area (Å²) in [5.74, 6) is 0.295. The van der Waals surface area contributed by atoms with Crippen molar-refractivity contribution in [2.75, 3.05) is 11.9 Å². The molecule has 0 radical (unpaired) electrons. The van der Waals surface area contributed by atoms with Gasteiger partial charge in [-0.25, -0.2) is 4.79 Å². The van der Waals surface area contributed by atoms with Crippen LogP contribution in [0.4, 0.5) is 10.5 Å². The van der Waals surface area contributed by atoms with E-state index in [0.717, 1.165) is 17.9 Å². The molecule has 0 aliphatic rings. The van der Waals surface area contributed by atoms with E-state index in [1.165, 1.54) is 0 Å². The number of rotatable bonds is 5. The van der Waals surface area contributed by atoms with Crippen molar-refractivity contribution in [1.82, 2.24) is 25.3 Å². The van der Waals surface area contributed by atoms with Crippen LogP contribution >= 0.6 is 0 Å². The Morgan fingerprint density at radius 2 is 2.30 bits per heavy atom. The van der Waals surface area contributed by atoms with Crippen molar-refractivity contribution in [3.8, 4) is 0 Å². The molecule has 0 saturated heterocycles. The Bertz CT molecular complexity index is 559. The molecule has 7 nitrogen and oxygen atoms in total. The molecule has 0 saturated carbocycles. The van der Waals surface area contributed by atoms with Crippen molar-refractivity contribution in [2.24, 2.45) is 5.92 Å². The molecule has 7 heteroatoms. The number of anilines is 1. The predicted octanol–water partition coefficient (Wildman–Crippen LogP) is 1.68. The largest absolute Gasteiger partial charge is 0.338 e. The fourth-order valence-corrected chi connectivity index (χ4v) is 1.98. The third kappa shape index (κ3) is 3.84. The number of hydrogen-bond acceptors (Lipinski definition) is 3. The minimum absolute atomic E-state index is 0.230. The molecule has 2 aromatic rings. The van der Waals surface area contributed by atoms with Crippen molar-refractivity contribution in [3.63, 3.8) is 0 Å². The lowest BCUT2D eigenvalue weighted by molar-refractivity contribution is 0.249.